The van der Waals surface area contributed by atoms with Crippen molar-refractivity contribution in [1.29, 1.82) is 0 Å². The lowest BCUT2D eigenvalue weighted by Gasteiger charge is -2.36. The molecule has 0 amide bonds. The zero-order valence-electron chi connectivity index (χ0n) is 27.0. The second-order valence-electron chi connectivity index (χ2n) is 12.9. The molecule has 1 N–H and O–H groups in total. The maximum absolute atomic E-state index is 12.4. The van der Waals surface area contributed by atoms with Crippen LogP contribution in [0.2, 0.25) is 0 Å². The van der Waals surface area contributed by atoms with Crippen molar-refractivity contribution >= 4 is 32.7 Å². The Morgan fingerprint density at radius 1 is 0.830 bits per heavy atom. The molecule has 4 aromatic carbocycles. The summed E-state index contributed by atoms with van der Waals surface area (Å²) in [5, 5.41) is 13.5. The van der Waals surface area contributed by atoms with Gasteiger partial charge in [-0.15, -0.1) is 0 Å². The second-order valence-corrected chi connectivity index (χ2v) is 13.7. The molecule has 2 aliphatic heterocycles. The van der Waals surface area contributed by atoms with Gasteiger partial charge in [0, 0.05) is 61.1 Å². The molecule has 1 atom stereocenters. The number of aliphatic hydroxyl groups is 1. The molecule has 1 fully saturated rings. The summed E-state index contributed by atoms with van der Waals surface area (Å²) in [6.45, 7) is 5.53. The number of pyridine rings is 1. The van der Waals surface area contributed by atoms with Gasteiger partial charge in [-0.2, -0.15) is 0 Å². The van der Waals surface area contributed by atoms with E-state index in [1.807, 2.05) is 50.5 Å². The molecule has 0 saturated carbocycles. The number of ether oxygens (including phenoxy) is 2. The van der Waals surface area contributed by atoms with Crippen LogP contribution in [0.15, 0.2) is 102 Å². The van der Waals surface area contributed by atoms with Crippen molar-refractivity contribution in [3.63, 3.8) is 0 Å². The summed E-state index contributed by atoms with van der Waals surface area (Å²) in [5.74, 6) is 2.68. The summed E-state index contributed by atoms with van der Waals surface area (Å²) in [6, 6.07) is 33.4. The maximum atomic E-state index is 12.4. The lowest BCUT2D eigenvalue weighted by Crippen LogP contribution is -2.46. The van der Waals surface area contributed by atoms with E-state index < -0.39 is 5.60 Å². The average Bonchev–Trinajstić information content (AvgIpc) is 3.56. The van der Waals surface area contributed by atoms with E-state index in [2.05, 4.69) is 91.3 Å². The van der Waals surface area contributed by atoms with E-state index in [9.17, 15) is 5.11 Å². The third-order valence-electron chi connectivity index (χ3n) is 9.33. The standard InChI is InChI=1S/C39H41BrN4O3/c1-42(2)16-15-39(45,32-11-7-4-8-12-32)33-25-35-30(24-34(33)40)23-31(21-28-9-5-3-6-10-28)38(41-35)44-19-17-43(18-20-44)26-29-13-14-36-37(22-29)47-27-46-36/h3-14,22-25,45H,15-21,26-27H2,1-2H3. The summed E-state index contributed by atoms with van der Waals surface area (Å²) < 4.78 is 12.0. The third-order valence-corrected chi connectivity index (χ3v) is 9.99. The Hall–Kier alpha value is -3.95. The highest BCUT2D eigenvalue weighted by Crippen LogP contribution is 2.40. The van der Waals surface area contributed by atoms with Crippen LogP contribution in [-0.2, 0) is 18.6 Å². The van der Waals surface area contributed by atoms with Gasteiger partial charge >= 0.3 is 0 Å². The van der Waals surface area contributed by atoms with Gasteiger partial charge in [-0.1, -0.05) is 82.7 Å². The van der Waals surface area contributed by atoms with E-state index in [0.717, 1.165) is 89.5 Å². The molecule has 0 aliphatic carbocycles. The molecular formula is C39H41BrN4O3. The van der Waals surface area contributed by atoms with E-state index in [0.29, 0.717) is 13.2 Å². The average molecular weight is 694 g/mol. The van der Waals surface area contributed by atoms with Crippen molar-refractivity contribution in [1.82, 2.24) is 14.8 Å². The molecule has 1 unspecified atom stereocenters. The molecule has 1 aromatic heterocycles. The number of benzene rings is 4. The predicted molar refractivity (Wildman–Crippen MR) is 191 cm³/mol. The minimum atomic E-state index is -1.18. The highest BCUT2D eigenvalue weighted by Gasteiger charge is 2.34. The van der Waals surface area contributed by atoms with Crippen LogP contribution in [0.3, 0.4) is 0 Å². The lowest BCUT2D eigenvalue weighted by atomic mass is 9.83. The van der Waals surface area contributed by atoms with Crippen LogP contribution in [0.5, 0.6) is 11.5 Å². The Bertz CT molecular complexity index is 1840. The number of anilines is 1. The largest absolute Gasteiger partial charge is 0.454 e. The lowest BCUT2D eigenvalue weighted by molar-refractivity contribution is 0.0623. The minimum Gasteiger partial charge on any atom is -0.454 e. The first-order valence-corrected chi connectivity index (χ1v) is 17.1. The number of fused-ring (bicyclic) bond motifs is 2. The van der Waals surface area contributed by atoms with Gasteiger partial charge in [-0.05, 0) is 73.1 Å². The van der Waals surface area contributed by atoms with Crippen molar-refractivity contribution < 1.29 is 14.6 Å². The molecule has 3 heterocycles. The summed E-state index contributed by atoms with van der Waals surface area (Å²) in [7, 11) is 4.08. The van der Waals surface area contributed by atoms with Crippen LogP contribution in [0.4, 0.5) is 5.82 Å². The number of hydrogen-bond acceptors (Lipinski definition) is 7. The molecule has 47 heavy (non-hydrogen) atoms. The third kappa shape index (κ3) is 6.87. The quantitative estimate of drug-likeness (QED) is 0.172. The van der Waals surface area contributed by atoms with Crippen molar-refractivity contribution in [2.75, 3.05) is 58.5 Å². The smallest absolute Gasteiger partial charge is 0.231 e. The zero-order valence-corrected chi connectivity index (χ0v) is 28.6. The first-order valence-electron chi connectivity index (χ1n) is 16.3. The molecule has 0 bridgehead atoms. The Kier molecular flexibility index (Phi) is 9.19. The van der Waals surface area contributed by atoms with Gasteiger partial charge in [0.25, 0.3) is 0 Å². The van der Waals surface area contributed by atoms with Gasteiger partial charge in [0.05, 0.1) is 5.52 Å². The topological polar surface area (TPSA) is 61.3 Å². The fraction of sp³-hybridized carbons (Fsp3) is 0.308. The van der Waals surface area contributed by atoms with Gasteiger partial charge in [0.1, 0.15) is 11.4 Å². The molecule has 7 nitrogen and oxygen atoms in total. The van der Waals surface area contributed by atoms with E-state index in [1.165, 1.54) is 16.7 Å². The molecule has 5 aromatic rings. The van der Waals surface area contributed by atoms with Crippen LogP contribution in [0.25, 0.3) is 10.9 Å². The van der Waals surface area contributed by atoms with Crippen molar-refractivity contribution in [3.8, 4) is 11.5 Å². The molecule has 1 saturated heterocycles. The van der Waals surface area contributed by atoms with Gasteiger partial charge in [0.15, 0.2) is 11.5 Å². The number of piperazine rings is 1. The van der Waals surface area contributed by atoms with Gasteiger partial charge in [-0.25, -0.2) is 4.98 Å². The van der Waals surface area contributed by atoms with E-state index in [1.54, 1.807) is 0 Å². The summed E-state index contributed by atoms with van der Waals surface area (Å²) >= 11 is 3.86. The van der Waals surface area contributed by atoms with Crippen LogP contribution in [0, 0.1) is 0 Å². The molecule has 7 rings (SSSR count). The van der Waals surface area contributed by atoms with Gasteiger partial charge < -0.3 is 24.4 Å². The molecule has 0 radical (unpaired) electrons. The van der Waals surface area contributed by atoms with Crippen LogP contribution < -0.4 is 14.4 Å². The summed E-state index contributed by atoms with van der Waals surface area (Å²) in [6.07, 6.45) is 1.35. The highest BCUT2D eigenvalue weighted by molar-refractivity contribution is 9.10. The van der Waals surface area contributed by atoms with Crippen LogP contribution in [-0.4, -0.2) is 73.5 Å². The summed E-state index contributed by atoms with van der Waals surface area (Å²) in [4.78, 5) is 12.4. The SMILES string of the molecule is CN(C)CCC(O)(c1ccccc1)c1cc2nc(N3CCN(Cc4ccc5c(c4)OCO5)CC3)c(Cc3ccccc3)cc2cc1Br. The van der Waals surface area contributed by atoms with E-state index in [4.69, 9.17) is 14.5 Å². The van der Waals surface area contributed by atoms with E-state index in [-0.39, 0.29) is 0 Å². The van der Waals surface area contributed by atoms with Gasteiger partial charge in [-0.3, -0.25) is 4.90 Å². The Balaban J connectivity index is 1.22. The first kappa shape index (κ1) is 31.6. The molecule has 0 spiro atoms. The van der Waals surface area contributed by atoms with Crippen LogP contribution in [0.1, 0.15) is 34.2 Å². The Morgan fingerprint density at radius 3 is 2.30 bits per heavy atom. The minimum absolute atomic E-state index is 0.293. The monoisotopic (exact) mass is 692 g/mol. The summed E-state index contributed by atoms with van der Waals surface area (Å²) in [5.41, 5.74) is 5.12. The molecule has 242 valence electrons. The van der Waals surface area contributed by atoms with Crippen molar-refractivity contribution in [2.24, 2.45) is 0 Å². The van der Waals surface area contributed by atoms with Crippen LogP contribution >= 0.6 is 15.9 Å². The fourth-order valence-electron chi connectivity index (χ4n) is 6.71. The number of hydrogen-bond donors (Lipinski definition) is 1. The zero-order chi connectivity index (χ0) is 32.4. The number of halogens is 1. The maximum Gasteiger partial charge on any atom is 0.231 e. The Morgan fingerprint density at radius 2 is 1.55 bits per heavy atom. The van der Waals surface area contributed by atoms with Crippen molar-refractivity contribution in [3.05, 3.63) is 129 Å². The second kappa shape index (κ2) is 13.6. The number of aromatic nitrogens is 1. The molecular weight excluding hydrogens is 652 g/mol. The fourth-order valence-corrected chi connectivity index (χ4v) is 7.40. The first-order chi connectivity index (χ1) is 22.9. The predicted octanol–water partition coefficient (Wildman–Crippen LogP) is 6.83. The van der Waals surface area contributed by atoms with Gasteiger partial charge in [0.2, 0.25) is 6.79 Å². The Labute approximate surface area is 285 Å². The number of rotatable bonds is 10. The number of nitrogens with zero attached hydrogens (tertiary/aromatic N) is 4. The molecule has 2 aliphatic rings. The molecule has 8 heteroatoms. The normalized spacial score (nSPS) is 16.1. The van der Waals surface area contributed by atoms with E-state index >= 15 is 0 Å². The van der Waals surface area contributed by atoms with Crippen molar-refractivity contribution in [2.45, 2.75) is 25.0 Å². The highest BCUT2D eigenvalue weighted by atomic mass is 79.9.